The van der Waals surface area contributed by atoms with Crippen molar-refractivity contribution in [3.8, 4) is 5.75 Å². The van der Waals surface area contributed by atoms with Gasteiger partial charge in [0.05, 0.1) is 7.11 Å². The number of hydrogen-bond acceptors (Lipinski definition) is 4. The molecular formula is C20H20ClNO4. The van der Waals surface area contributed by atoms with Crippen molar-refractivity contribution in [2.45, 2.75) is 6.54 Å². The minimum Gasteiger partial charge on any atom is -0.496 e. The Balaban J connectivity index is 1.83. The monoisotopic (exact) mass is 373 g/mol. The zero-order chi connectivity index (χ0) is 18.9. The van der Waals surface area contributed by atoms with E-state index in [1.165, 1.54) is 11.0 Å². The van der Waals surface area contributed by atoms with Crippen LogP contribution in [-0.2, 0) is 20.9 Å². The van der Waals surface area contributed by atoms with Crippen LogP contribution in [0.25, 0.3) is 6.08 Å². The smallest absolute Gasteiger partial charge is 0.331 e. The van der Waals surface area contributed by atoms with E-state index >= 15 is 0 Å². The van der Waals surface area contributed by atoms with Crippen LogP contribution in [0.2, 0.25) is 5.02 Å². The lowest BCUT2D eigenvalue weighted by molar-refractivity contribution is -0.147. The molecule has 5 nitrogen and oxygen atoms in total. The number of esters is 1. The average Bonchev–Trinajstić information content (AvgIpc) is 2.66. The highest BCUT2D eigenvalue weighted by Gasteiger charge is 2.11. The van der Waals surface area contributed by atoms with Crippen LogP contribution in [0.15, 0.2) is 54.6 Å². The number of methoxy groups -OCH3 is 1. The Hall–Kier alpha value is -2.79. The molecule has 0 heterocycles. The second kappa shape index (κ2) is 9.63. The van der Waals surface area contributed by atoms with Gasteiger partial charge in [0, 0.05) is 30.3 Å². The van der Waals surface area contributed by atoms with Crippen molar-refractivity contribution >= 4 is 29.6 Å². The maximum absolute atomic E-state index is 12.1. The van der Waals surface area contributed by atoms with Crippen LogP contribution in [0.3, 0.4) is 0 Å². The summed E-state index contributed by atoms with van der Waals surface area (Å²) in [7, 11) is 3.20. The Morgan fingerprint density at radius 3 is 2.50 bits per heavy atom. The van der Waals surface area contributed by atoms with Crippen LogP contribution in [-0.4, -0.2) is 37.5 Å². The van der Waals surface area contributed by atoms with Crippen LogP contribution < -0.4 is 4.74 Å². The second-order valence-electron chi connectivity index (χ2n) is 5.56. The fourth-order valence-electron chi connectivity index (χ4n) is 2.20. The first-order chi connectivity index (χ1) is 12.5. The molecule has 0 unspecified atom stereocenters. The molecule has 6 heteroatoms. The number of amides is 1. The molecule has 0 spiro atoms. The van der Waals surface area contributed by atoms with Gasteiger partial charge in [-0.15, -0.1) is 0 Å². The Morgan fingerprint density at radius 1 is 1.12 bits per heavy atom. The van der Waals surface area contributed by atoms with Gasteiger partial charge in [-0.2, -0.15) is 0 Å². The van der Waals surface area contributed by atoms with Crippen molar-refractivity contribution in [1.29, 1.82) is 0 Å². The molecule has 0 radical (unpaired) electrons. The normalized spacial score (nSPS) is 10.6. The number of para-hydroxylation sites is 1. The van der Waals surface area contributed by atoms with Crippen molar-refractivity contribution in [2.24, 2.45) is 0 Å². The fraction of sp³-hybridized carbons (Fsp3) is 0.200. The van der Waals surface area contributed by atoms with Crippen molar-refractivity contribution in [2.75, 3.05) is 20.8 Å². The number of carbonyl (C=O) groups is 2. The summed E-state index contributed by atoms with van der Waals surface area (Å²) in [5.41, 5.74) is 1.69. The number of ether oxygens (including phenoxy) is 2. The van der Waals surface area contributed by atoms with Crippen LogP contribution in [0.1, 0.15) is 11.1 Å². The Bertz CT molecular complexity index is 787. The number of benzene rings is 2. The van der Waals surface area contributed by atoms with E-state index in [0.717, 1.165) is 11.1 Å². The molecule has 0 atom stereocenters. The molecule has 0 bridgehead atoms. The summed E-state index contributed by atoms with van der Waals surface area (Å²) in [6.07, 6.45) is 2.85. The summed E-state index contributed by atoms with van der Waals surface area (Å²) in [4.78, 5) is 25.4. The minimum absolute atomic E-state index is 0.293. The van der Waals surface area contributed by atoms with Crippen molar-refractivity contribution in [1.82, 2.24) is 4.90 Å². The lowest BCUT2D eigenvalue weighted by atomic mass is 10.2. The average molecular weight is 374 g/mol. The molecule has 26 heavy (non-hydrogen) atoms. The topological polar surface area (TPSA) is 55.8 Å². The summed E-state index contributed by atoms with van der Waals surface area (Å²) in [5.74, 6) is -0.238. The van der Waals surface area contributed by atoms with E-state index in [4.69, 9.17) is 21.1 Å². The molecule has 2 rings (SSSR count). The molecule has 0 aliphatic carbocycles. The summed E-state index contributed by atoms with van der Waals surface area (Å²) >= 11 is 5.84. The number of rotatable bonds is 7. The third-order valence-corrected chi connectivity index (χ3v) is 3.89. The summed E-state index contributed by atoms with van der Waals surface area (Å²) in [6, 6.07) is 14.5. The highest BCUT2D eigenvalue weighted by molar-refractivity contribution is 6.30. The molecule has 0 saturated heterocycles. The first-order valence-corrected chi connectivity index (χ1v) is 8.33. The molecule has 1 amide bonds. The highest BCUT2D eigenvalue weighted by Crippen LogP contribution is 2.18. The third-order valence-electron chi connectivity index (χ3n) is 3.63. The molecule has 0 fully saturated rings. The number of likely N-dealkylation sites (N-methyl/N-ethyl adjacent to an activating group) is 1. The number of nitrogens with zero attached hydrogens (tertiary/aromatic N) is 1. The van der Waals surface area contributed by atoms with E-state index in [9.17, 15) is 9.59 Å². The van der Waals surface area contributed by atoms with Gasteiger partial charge >= 0.3 is 5.97 Å². The lowest BCUT2D eigenvalue weighted by Crippen LogP contribution is -2.30. The van der Waals surface area contributed by atoms with Gasteiger partial charge in [-0.25, -0.2) is 4.79 Å². The third kappa shape index (κ3) is 5.93. The quantitative estimate of drug-likeness (QED) is 0.550. The predicted octanol–water partition coefficient (Wildman–Crippen LogP) is 3.56. The van der Waals surface area contributed by atoms with E-state index in [0.29, 0.717) is 17.3 Å². The zero-order valence-electron chi connectivity index (χ0n) is 14.6. The van der Waals surface area contributed by atoms with E-state index in [1.807, 2.05) is 30.3 Å². The molecule has 2 aromatic carbocycles. The van der Waals surface area contributed by atoms with E-state index in [-0.39, 0.29) is 12.5 Å². The lowest BCUT2D eigenvalue weighted by Gasteiger charge is -2.17. The summed E-state index contributed by atoms with van der Waals surface area (Å²) in [5, 5.41) is 0.637. The van der Waals surface area contributed by atoms with Crippen molar-refractivity contribution in [3.63, 3.8) is 0 Å². The van der Waals surface area contributed by atoms with Gasteiger partial charge < -0.3 is 14.4 Å². The van der Waals surface area contributed by atoms with Gasteiger partial charge in [0.15, 0.2) is 6.61 Å². The first kappa shape index (κ1) is 19.5. The van der Waals surface area contributed by atoms with Crippen LogP contribution in [0.4, 0.5) is 0 Å². The Morgan fingerprint density at radius 2 is 1.81 bits per heavy atom. The standard InChI is InChI=1S/C20H20ClNO4/c1-22(13-15-7-10-17(21)11-8-15)19(23)14-26-20(24)12-9-16-5-3-4-6-18(16)25-2/h3-12H,13-14H2,1-2H3/b12-9+. The SMILES string of the molecule is COc1ccccc1/C=C/C(=O)OCC(=O)N(C)Cc1ccc(Cl)cc1. The highest BCUT2D eigenvalue weighted by atomic mass is 35.5. The van der Waals surface area contributed by atoms with E-state index in [2.05, 4.69) is 0 Å². The van der Waals surface area contributed by atoms with E-state index in [1.54, 1.807) is 38.4 Å². The molecule has 0 aromatic heterocycles. The molecule has 0 aliphatic rings. The maximum atomic E-state index is 12.1. The number of halogens is 1. The maximum Gasteiger partial charge on any atom is 0.331 e. The van der Waals surface area contributed by atoms with Gasteiger partial charge in [-0.3, -0.25) is 4.79 Å². The van der Waals surface area contributed by atoms with Crippen LogP contribution >= 0.6 is 11.6 Å². The largest absolute Gasteiger partial charge is 0.496 e. The predicted molar refractivity (Wildman–Crippen MR) is 101 cm³/mol. The van der Waals surface area contributed by atoms with Gasteiger partial charge in [0.25, 0.3) is 5.91 Å². The second-order valence-corrected chi connectivity index (χ2v) is 6.00. The zero-order valence-corrected chi connectivity index (χ0v) is 15.4. The van der Waals surface area contributed by atoms with Gasteiger partial charge in [0.2, 0.25) is 0 Å². The van der Waals surface area contributed by atoms with Crippen molar-refractivity contribution < 1.29 is 19.1 Å². The minimum atomic E-state index is -0.593. The molecule has 0 N–H and O–H groups in total. The summed E-state index contributed by atoms with van der Waals surface area (Å²) < 4.78 is 10.2. The first-order valence-electron chi connectivity index (χ1n) is 7.96. The number of hydrogen-bond donors (Lipinski definition) is 0. The molecular weight excluding hydrogens is 354 g/mol. The molecule has 136 valence electrons. The summed E-state index contributed by atoms with van der Waals surface area (Å²) in [6.45, 7) is 0.0871. The van der Waals surface area contributed by atoms with Gasteiger partial charge in [-0.1, -0.05) is 41.9 Å². The number of carbonyl (C=O) groups excluding carboxylic acids is 2. The Labute approximate surface area is 157 Å². The molecule has 0 saturated carbocycles. The van der Waals surface area contributed by atoms with Crippen molar-refractivity contribution in [3.05, 3.63) is 70.8 Å². The fourth-order valence-corrected chi connectivity index (χ4v) is 2.33. The van der Waals surface area contributed by atoms with Gasteiger partial charge in [-0.05, 0) is 29.8 Å². The van der Waals surface area contributed by atoms with E-state index < -0.39 is 5.97 Å². The molecule has 2 aromatic rings. The Kier molecular flexibility index (Phi) is 7.24. The van der Waals surface area contributed by atoms with Crippen LogP contribution in [0, 0.1) is 0 Å². The molecule has 0 aliphatic heterocycles. The van der Waals surface area contributed by atoms with Crippen LogP contribution in [0.5, 0.6) is 5.75 Å². The van der Waals surface area contributed by atoms with Gasteiger partial charge in [0.1, 0.15) is 5.75 Å².